The Morgan fingerprint density at radius 1 is 1.19 bits per heavy atom. The van der Waals surface area contributed by atoms with Crippen molar-refractivity contribution in [3.05, 3.63) is 47.8 Å². The third-order valence-corrected chi connectivity index (χ3v) is 6.70. The first kappa shape index (κ1) is 18.9. The van der Waals surface area contributed by atoms with Gasteiger partial charge in [-0.3, -0.25) is 0 Å². The standard InChI is InChI=1S/C19H26N2O4S/c1-15-6-7-19(18(11-15)25-3)26(22,23)21-13-16(8-10-24-2)12-20-9-4-5-17(20)14-21/h4-7,9,11,16H,8,10,12-14H2,1-3H3/t16-/m1/s1. The first-order valence-electron chi connectivity index (χ1n) is 8.73. The van der Waals surface area contributed by atoms with Crippen LogP contribution in [-0.4, -0.2) is 44.7 Å². The molecule has 2 heterocycles. The van der Waals surface area contributed by atoms with Crippen LogP contribution in [0, 0.1) is 12.8 Å². The molecule has 3 rings (SSSR count). The molecule has 6 nitrogen and oxygen atoms in total. The van der Waals surface area contributed by atoms with Gasteiger partial charge in [0.15, 0.2) is 0 Å². The van der Waals surface area contributed by atoms with Crippen molar-refractivity contribution in [2.75, 3.05) is 27.4 Å². The van der Waals surface area contributed by atoms with E-state index in [1.807, 2.05) is 25.3 Å². The second-order valence-corrected chi connectivity index (χ2v) is 8.66. The first-order valence-corrected chi connectivity index (χ1v) is 10.2. The van der Waals surface area contributed by atoms with Crippen molar-refractivity contribution in [3.8, 4) is 5.75 Å². The summed E-state index contributed by atoms with van der Waals surface area (Å²) in [6.45, 7) is 4.14. The maximum absolute atomic E-state index is 13.4. The van der Waals surface area contributed by atoms with Crippen LogP contribution in [0.4, 0.5) is 0 Å². The third-order valence-electron chi connectivity index (χ3n) is 4.85. The Bertz CT molecular complexity index is 860. The highest BCUT2D eigenvalue weighted by Gasteiger charge is 2.32. The van der Waals surface area contributed by atoms with Crippen molar-refractivity contribution in [1.82, 2.24) is 8.87 Å². The van der Waals surface area contributed by atoms with E-state index >= 15 is 0 Å². The minimum Gasteiger partial charge on any atom is -0.495 e. The maximum Gasteiger partial charge on any atom is 0.247 e. The highest BCUT2D eigenvalue weighted by Crippen LogP contribution is 2.31. The Balaban J connectivity index is 1.97. The molecule has 0 amide bonds. The lowest BCUT2D eigenvalue weighted by atomic mass is 10.1. The number of methoxy groups -OCH3 is 2. The molecule has 0 fully saturated rings. The average molecular weight is 378 g/mol. The van der Waals surface area contributed by atoms with Gasteiger partial charge >= 0.3 is 0 Å². The Morgan fingerprint density at radius 2 is 2.00 bits per heavy atom. The Hall–Kier alpha value is -1.83. The number of rotatable bonds is 6. The molecule has 0 N–H and O–H groups in total. The molecule has 1 aromatic heterocycles. The molecule has 0 saturated carbocycles. The van der Waals surface area contributed by atoms with E-state index in [1.165, 1.54) is 7.11 Å². The molecule has 0 radical (unpaired) electrons. The number of hydrogen-bond acceptors (Lipinski definition) is 4. The fraction of sp³-hybridized carbons (Fsp3) is 0.474. The molecule has 2 aromatic rings. The number of sulfonamides is 1. The molecule has 26 heavy (non-hydrogen) atoms. The SMILES string of the molecule is COCC[C@H]1CN(S(=O)(=O)c2ccc(C)cc2OC)Cc2cccn2C1. The molecule has 142 valence electrons. The zero-order valence-corrected chi connectivity index (χ0v) is 16.3. The normalized spacial score (nSPS) is 18.3. The lowest BCUT2D eigenvalue weighted by Crippen LogP contribution is -2.34. The summed E-state index contributed by atoms with van der Waals surface area (Å²) >= 11 is 0. The Morgan fingerprint density at radius 3 is 2.73 bits per heavy atom. The highest BCUT2D eigenvalue weighted by molar-refractivity contribution is 7.89. The number of aryl methyl sites for hydroxylation is 1. The molecule has 0 spiro atoms. The van der Waals surface area contributed by atoms with Crippen LogP contribution < -0.4 is 4.74 Å². The monoisotopic (exact) mass is 378 g/mol. The van der Waals surface area contributed by atoms with E-state index in [2.05, 4.69) is 4.57 Å². The van der Waals surface area contributed by atoms with Gasteiger partial charge in [-0.15, -0.1) is 0 Å². The third kappa shape index (κ3) is 3.79. The second kappa shape index (κ2) is 7.82. The number of benzene rings is 1. The molecule has 0 bridgehead atoms. The van der Waals surface area contributed by atoms with Crippen molar-refractivity contribution in [1.29, 1.82) is 0 Å². The summed E-state index contributed by atoms with van der Waals surface area (Å²) in [5, 5.41) is 0. The van der Waals surface area contributed by atoms with Crippen LogP contribution in [0.3, 0.4) is 0 Å². The van der Waals surface area contributed by atoms with Crippen LogP contribution in [-0.2, 0) is 27.8 Å². The van der Waals surface area contributed by atoms with Gasteiger partial charge in [0.1, 0.15) is 10.6 Å². The summed E-state index contributed by atoms with van der Waals surface area (Å²) in [7, 11) is -0.496. The predicted molar refractivity (Wildman–Crippen MR) is 99.7 cm³/mol. The molecule has 0 unspecified atom stereocenters. The van der Waals surface area contributed by atoms with E-state index in [9.17, 15) is 8.42 Å². The quantitative estimate of drug-likeness (QED) is 0.775. The van der Waals surface area contributed by atoms with Crippen molar-refractivity contribution in [2.24, 2.45) is 5.92 Å². The highest BCUT2D eigenvalue weighted by atomic mass is 32.2. The summed E-state index contributed by atoms with van der Waals surface area (Å²) in [6.07, 6.45) is 2.82. The molecule has 1 aromatic carbocycles. The van der Waals surface area contributed by atoms with E-state index in [0.717, 1.165) is 24.2 Å². The van der Waals surface area contributed by atoms with Crippen LogP contribution in [0.25, 0.3) is 0 Å². The topological polar surface area (TPSA) is 60.8 Å². The fourth-order valence-corrected chi connectivity index (χ4v) is 5.04. The van der Waals surface area contributed by atoms with Gasteiger partial charge in [0.25, 0.3) is 0 Å². The number of hydrogen-bond donors (Lipinski definition) is 0. The summed E-state index contributed by atoms with van der Waals surface area (Å²) in [5.74, 6) is 0.577. The van der Waals surface area contributed by atoms with Crippen molar-refractivity contribution >= 4 is 10.0 Å². The predicted octanol–water partition coefficient (Wildman–Crippen LogP) is 2.66. The molecule has 1 aliphatic rings. The smallest absolute Gasteiger partial charge is 0.247 e. The van der Waals surface area contributed by atoms with Crippen LogP contribution in [0.15, 0.2) is 41.4 Å². The molecule has 1 atom stereocenters. The lowest BCUT2D eigenvalue weighted by Gasteiger charge is -2.24. The molecular formula is C19H26N2O4S. The summed E-state index contributed by atoms with van der Waals surface area (Å²) in [4.78, 5) is 0.219. The second-order valence-electron chi connectivity index (χ2n) is 6.75. The summed E-state index contributed by atoms with van der Waals surface area (Å²) < 4.78 is 41.0. The van der Waals surface area contributed by atoms with Crippen molar-refractivity contribution < 1.29 is 17.9 Å². The van der Waals surface area contributed by atoms with Crippen molar-refractivity contribution in [3.63, 3.8) is 0 Å². The number of aromatic nitrogens is 1. The minimum atomic E-state index is -3.67. The minimum absolute atomic E-state index is 0.190. The van der Waals surface area contributed by atoms with Crippen LogP contribution >= 0.6 is 0 Å². The van der Waals surface area contributed by atoms with Gasteiger partial charge in [-0.1, -0.05) is 6.07 Å². The van der Waals surface area contributed by atoms with Gasteiger partial charge in [0.05, 0.1) is 13.7 Å². The number of fused-ring (bicyclic) bond motifs is 1. The average Bonchev–Trinajstić information content (AvgIpc) is 2.97. The van der Waals surface area contributed by atoms with E-state index < -0.39 is 10.0 Å². The van der Waals surface area contributed by atoms with E-state index in [-0.39, 0.29) is 10.8 Å². The summed E-state index contributed by atoms with van der Waals surface area (Å²) in [6, 6.07) is 9.14. The van der Waals surface area contributed by atoms with E-state index in [4.69, 9.17) is 9.47 Å². The molecule has 1 aliphatic heterocycles. The zero-order valence-electron chi connectivity index (χ0n) is 15.5. The lowest BCUT2D eigenvalue weighted by molar-refractivity contribution is 0.167. The van der Waals surface area contributed by atoms with E-state index in [1.54, 1.807) is 29.6 Å². The molecular weight excluding hydrogens is 352 g/mol. The summed E-state index contributed by atoms with van der Waals surface area (Å²) in [5.41, 5.74) is 1.96. The fourth-order valence-electron chi connectivity index (χ4n) is 3.42. The molecule has 0 saturated heterocycles. The van der Waals surface area contributed by atoms with Gasteiger partial charge in [0.2, 0.25) is 10.0 Å². The van der Waals surface area contributed by atoms with Gasteiger partial charge in [-0.05, 0) is 49.1 Å². The van der Waals surface area contributed by atoms with Gasteiger partial charge < -0.3 is 14.0 Å². The van der Waals surface area contributed by atoms with Crippen LogP contribution in [0.5, 0.6) is 5.75 Å². The van der Waals surface area contributed by atoms with Gasteiger partial charge in [0, 0.05) is 38.7 Å². The van der Waals surface area contributed by atoms with E-state index in [0.29, 0.717) is 25.4 Å². The maximum atomic E-state index is 13.4. The van der Waals surface area contributed by atoms with Crippen molar-refractivity contribution in [2.45, 2.75) is 31.3 Å². The molecule has 0 aliphatic carbocycles. The largest absolute Gasteiger partial charge is 0.495 e. The zero-order chi connectivity index (χ0) is 18.7. The number of nitrogens with zero attached hydrogens (tertiary/aromatic N) is 2. The van der Waals surface area contributed by atoms with Gasteiger partial charge in [-0.2, -0.15) is 4.31 Å². The Labute approximate surface area is 155 Å². The first-order chi connectivity index (χ1) is 12.5. The van der Waals surface area contributed by atoms with Crippen LogP contribution in [0.1, 0.15) is 17.7 Å². The van der Waals surface area contributed by atoms with Crippen LogP contribution in [0.2, 0.25) is 0 Å². The van der Waals surface area contributed by atoms with Gasteiger partial charge in [-0.25, -0.2) is 8.42 Å². The number of ether oxygens (including phenoxy) is 2. The molecule has 7 heteroatoms. The Kier molecular flexibility index (Phi) is 5.70.